The quantitative estimate of drug-likeness (QED) is 0.805. The van der Waals surface area contributed by atoms with Crippen molar-refractivity contribution in [1.29, 1.82) is 0 Å². The van der Waals surface area contributed by atoms with Gasteiger partial charge in [0.15, 0.2) is 0 Å². The summed E-state index contributed by atoms with van der Waals surface area (Å²) in [7, 11) is 1.27. The van der Waals surface area contributed by atoms with Crippen molar-refractivity contribution in [3.8, 4) is 0 Å². The minimum atomic E-state index is -0.521. The topological polar surface area (TPSA) is 103 Å². The van der Waals surface area contributed by atoms with Crippen LogP contribution in [-0.2, 0) is 14.3 Å². The van der Waals surface area contributed by atoms with Crippen LogP contribution in [0.1, 0.15) is 16.8 Å². The maximum Gasteiger partial charge on any atom is 0.339 e. The van der Waals surface area contributed by atoms with E-state index in [-0.39, 0.29) is 24.4 Å². The van der Waals surface area contributed by atoms with Crippen molar-refractivity contribution >= 4 is 39.5 Å². The van der Waals surface area contributed by atoms with Gasteiger partial charge in [0.25, 0.3) is 0 Å². The molecule has 1 aromatic rings. The second kappa shape index (κ2) is 5.58. The minimum Gasteiger partial charge on any atom is -0.465 e. The third kappa shape index (κ3) is 2.64. The molecule has 106 valence electrons. The smallest absolute Gasteiger partial charge is 0.339 e. The molecule has 0 spiro atoms. The van der Waals surface area contributed by atoms with E-state index in [1.165, 1.54) is 24.3 Å². The van der Waals surface area contributed by atoms with Gasteiger partial charge in [-0.25, -0.2) is 9.78 Å². The zero-order chi connectivity index (χ0) is 14.9. The number of carbonyl (C=O) groups is 3. The lowest BCUT2D eigenvalue weighted by molar-refractivity contribution is -0.123. The van der Waals surface area contributed by atoms with Gasteiger partial charge < -0.3 is 10.5 Å². The van der Waals surface area contributed by atoms with Gasteiger partial charge in [0.2, 0.25) is 11.8 Å². The van der Waals surface area contributed by atoms with Gasteiger partial charge in [-0.15, -0.1) is 0 Å². The lowest BCUT2D eigenvalue weighted by atomic mass is 10.1. The molecule has 0 aromatic carbocycles. The molecule has 0 saturated carbocycles. The molecule has 2 amide bonds. The highest BCUT2D eigenvalue weighted by atomic mass is 79.9. The van der Waals surface area contributed by atoms with Gasteiger partial charge in [-0.1, -0.05) is 0 Å². The monoisotopic (exact) mass is 341 g/mol. The molecule has 0 bridgehead atoms. The van der Waals surface area contributed by atoms with E-state index in [0.717, 1.165) is 0 Å². The molecule has 1 aliphatic heterocycles. The van der Waals surface area contributed by atoms with Crippen LogP contribution in [0.25, 0.3) is 0 Å². The number of halogens is 1. The molecule has 1 aliphatic rings. The Morgan fingerprint density at radius 2 is 2.25 bits per heavy atom. The van der Waals surface area contributed by atoms with Gasteiger partial charge >= 0.3 is 5.97 Å². The summed E-state index contributed by atoms with van der Waals surface area (Å²) < 4.78 is 5.06. The van der Waals surface area contributed by atoms with Gasteiger partial charge in [-0.3, -0.25) is 14.5 Å². The highest BCUT2D eigenvalue weighted by molar-refractivity contribution is 9.10. The standard InChI is InChI=1S/C12H12BrN3O4/c1-20-12(19)6-2-8(13)11(15-4-6)16-5-7(10(14)18)3-9(16)17/h2,4,7H,3,5H2,1H3,(H2,14,18). The van der Waals surface area contributed by atoms with Crippen molar-refractivity contribution in [3.63, 3.8) is 0 Å². The predicted octanol–water partition coefficient (Wildman–Crippen LogP) is 0.469. The lowest BCUT2D eigenvalue weighted by Gasteiger charge is -2.16. The van der Waals surface area contributed by atoms with Crippen LogP contribution in [0.3, 0.4) is 0 Å². The molecule has 1 saturated heterocycles. The van der Waals surface area contributed by atoms with Gasteiger partial charge in [0, 0.05) is 19.2 Å². The Hall–Kier alpha value is -1.96. The van der Waals surface area contributed by atoms with Gasteiger partial charge in [-0.05, 0) is 22.0 Å². The Morgan fingerprint density at radius 1 is 1.55 bits per heavy atom. The van der Waals surface area contributed by atoms with Crippen LogP contribution in [0.15, 0.2) is 16.7 Å². The van der Waals surface area contributed by atoms with E-state index in [0.29, 0.717) is 10.3 Å². The summed E-state index contributed by atoms with van der Waals surface area (Å²) in [5, 5.41) is 0. The Labute approximate surface area is 123 Å². The molecule has 1 fully saturated rings. The zero-order valence-electron chi connectivity index (χ0n) is 10.6. The first-order valence-electron chi connectivity index (χ1n) is 5.77. The molecule has 20 heavy (non-hydrogen) atoms. The van der Waals surface area contributed by atoms with Crippen LogP contribution >= 0.6 is 15.9 Å². The van der Waals surface area contributed by atoms with Gasteiger partial charge in [0.1, 0.15) is 5.82 Å². The summed E-state index contributed by atoms with van der Waals surface area (Å²) >= 11 is 3.26. The minimum absolute atomic E-state index is 0.0716. The molecule has 8 heteroatoms. The summed E-state index contributed by atoms with van der Waals surface area (Å²) in [6.45, 7) is 0.192. The Bertz CT molecular complexity index is 590. The van der Waals surface area contributed by atoms with Crippen LogP contribution in [0.2, 0.25) is 0 Å². The maximum absolute atomic E-state index is 11.9. The van der Waals surface area contributed by atoms with E-state index in [9.17, 15) is 14.4 Å². The normalized spacial score (nSPS) is 18.2. The third-order valence-electron chi connectivity index (χ3n) is 3.03. The molecular formula is C12H12BrN3O4. The summed E-state index contributed by atoms with van der Waals surface area (Å²) in [6.07, 6.45) is 1.39. The highest BCUT2D eigenvalue weighted by Crippen LogP contribution is 2.30. The van der Waals surface area contributed by atoms with E-state index >= 15 is 0 Å². The largest absolute Gasteiger partial charge is 0.465 e. The molecule has 1 atom stereocenters. The SMILES string of the molecule is COC(=O)c1cnc(N2CC(C(N)=O)CC2=O)c(Br)c1. The number of nitrogens with zero attached hydrogens (tertiary/aromatic N) is 2. The number of aromatic nitrogens is 1. The van der Waals surface area contributed by atoms with Gasteiger partial charge in [-0.2, -0.15) is 0 Å². The molecule has 2 heterocycles. The van der Waals surface area contributed by atoms with Crippen molar-refractivity contribution < 1.29 is 19.1 Å². The first-order chi connectivity index (χ1) is 9.43. The van der Waals surface area contributed by atoms with Crippen molar-refractivity contribution in [2.24, 2.45) is 11.7 Å². The van der Waals surface area contributed by atoms with E-state index in [4.69, 9.17) is 5.73 Å². The van der Waals surface area contributed by atoms with Crippen LogP contribution in [0.4, 0.5) is 5.82 Å². The number of anilines is 1. The number of carbonyl (C=O) groups excluding carboxylic acids is 3. The van der Waals surface area contributed by atoms with E-state index < -0.39 is 17.8 Å². The maximum atomic E-state index is 11.9. The molecule has 2 N–H and O–H groups in total. The molecule has 0 aliphatic carbocycles. The lowest BCUT2D eigenvalue weighted by Crippen LogP contribution is -2.29. The predicted molar refractivity (Wildman–Crippen MR) is 72.9 cm³/mol. The second-order valence-electron chi connectivity index (χ2n) is 4.33. The number of amides is 2. The summed E-state index contributed by atoms with van der Waals surface area (Å²) in [5.41, 5.74) is 5.47. The molecule has 2 rings (SSSR count). The summed E-state index contributed by atoms with van der Waals surface area (Å²) in [4.78, 5) is 39.9. The Kier molecular flexibility index (Phi) is 4.03. The van der Waals surface area contributed by atoms with Gasteiger partial charge in [0.05, 0.1) is 23.1 Å². The summed E-state index contributed by atoms with van der Waals surface area (Å²) in [6, 6.07) is 1.51. The molecule has 0 radical (unpaired) electrons. The van der Waals surface area contributed by atoms with Crippen molar-refractivity contribution in [1.82, 2.24) is 4.98 Å². The third-order valence-corrected chi connectivity index (χ3v) is 3.61. The van der Waals surface area contributed by atoms with Crippen molar-refractivity contribution in [3.05, 3.63) is 22.3 Å². The van der Waals surface area contributed by atoms with E-state index in [1.807, 2.05) is 0 Å². The highest BCUT2D eigenvalue weighted by Gasteiger charge is 2.35. The number of rotatable bonds is 3. The zero-order valence-corrected chi connectivity index (χ0v) is 12.2. The van der Waals surface area contributed by atoms with Crippen molar-refractivity contribution in [2.75, 3.05) is 18.6 Å². The van der Waals surface area contributed by atoms with Crippen molar-refractivity contribution in [2.45, 2.75) is 6.42 Å². The average molecular weight is 342 g/mol. The van der Waals surface area contributed by atoms with Crippen LogP contribution < -0.4 is 10.6 Å². The number of pyridine rings is 1. The van der Waals surface area contributed by atoms with Crippen LogP contribution in [0.5, 0.6) is 0 Å². The van der Waals surface area contributed by atoms with E-state index in [1.54, 1.807) is 0 Å². The molecule has 1 unspecified atom stereocenters. The second-order valence-corrected chi connectivity index (χ2v) is 5.18. The Balaban J connectivity index is 2.28. The fourth-order valence-corrected chi connectivity index (χ4v) is 2.52. The number of hydrogen-bond acceptors (Lipinski definition) is 5. The van der Waals surface area contributed by atoms with Crippen LogP contribution in [0, 0.1) is 5.92 Å². The fourth-order valence-electron chi connectivity index (χ4n) is 1.96. The average Bonchev–Trinajstić information content (AvgIpc) is 2.80. The first kappa shape index (κ1) is 14.4. The number of hydrogen-bond donors (Lipinski definition) is 1. The fraction of sp³-hybridized carbons (Fsp3) is 0.333. The number of nitrogens with two attached hydrogens (primary N) is 1. The molecule has 7 nitrogen and oxygen atoms in total. The van der Waals surface area contributed by atoms with E-state index in [2.05, 4.69) is 25.7 Å². The van der Waals surface area contributed by atoms with Crippen LogP contribution in [-0.4, -0.2) is 36.4 Å². The number of ether oxygens (including phenoxy) is 1. The number of methoxy groups -OCH3 is 1. The Morgan fingerprint density at radius 3 is 2.75 bits per heavy atom. The number of primary amides is 1. The molecular weight excluding hydrogens is 330 g/mol. The summed E-state index contributed by atoms with van der Waals surface area (Å²) in [5.74, 6) is -1.42. The molecule has 1 aromatic heterocycles. The number of esters is 1. The first-order valence-corrected chi connectivity index (χ1v) is 6.57.